The zero-order chi connectivity index (χ0) is 9.80. The van der Waals surface area contributed by atoms with Crippen molar-refractivity contribution >= 4 is 5.82 Å². The third-order valence-corrected chi connectivity index (χ3v) is 2.49. The fourth-order valence-corrected chi connectivity index (χ4v) is 1.59. The summed E-state index contributed by atoms with van der Waals surface area (Å²) in [6.07, 6.45) is 4.70. The molecule has 14 heavy (non-hydrogen) atoms. The van der Waals surface area contributed by atoms with Crippen LogP contribution in [0.25, 0.3) is 0 Å². The summed E-state index contributed by atoms with van der Waals surface area (Å²) < 4.78 is 0. The first kappa shape index (κ1) is 9.40. The Balaban J connectivity index is 2.07. The summed E-state index contributed by atoms with van der Waals surface area (Å²) in [6.45, 7) is 6.23. The second kappa shape index (κ2) is 4.37. The fraction of sp³-hybridized carbons (Fsp3) is 0.600. The molecule has 0 amide bonds. The van der Waals surface area contributed by atoms with Crippen LogP contribution in [0.2, 0.25) is 0 Å². The lowest BCUT2D eigenvalue weighted by Gasteiger charge is -2.27. The molecule has 1 N–H and O–H groups in total. The minimum Gasteiger partial charge on any atom is -0.353 e. The summed E-state index contributed by atoms with van der Waals surface area (Å²) >= 11 is 0. The fourth-order valence-electron chi connectivity index (χ4n) is 1.59. The smallest absolute Gasteiger partial charge is 0.147 e. The molecule has 1 aromatic rings. The highest BCUT2D eigenvalue weighted by Gasteiger charge is 2.11. The highest BCUT2D eigenvalue weighted by molar-refractivity contribution is 5.36. The van der Waals surface area contributed by atoms with Crippen LogP contribution >= 0.6 is 0 Å². The van der Waals surface area contributed by atoms with Gasteiger partial charge in [-0.25, -0.2) is 4.98 Å². The summed E-state index contributed by atoms with van der Waals surface area (Å²) in [6, 6.07) is 0. The van der Waals surface area contributed by atoms with E-state index in [0.29, 0.717) is 0 Å². The molecule has 1 fully saturated rings. The zero-order valence-corrected chi connectivity index (χ0v) is 8.53. The van der Waals surface area contributed by atoms with Crippen LogP contribution in [0, 0.1) is 0 Å². The van der Waals surface area contributed by atoms with Gasteiger partial charge in [0.1, 0.15) is 5.82 Å². The molecule has 4 heteroatoms. The molecule has 1 aliphatic rings. The minimum absolute atomic E-state index is 0.953. The molecular weight excluding hydrogens is 176 g/mol. The maximum atomic E-state index is 4.41. The third-order valence-electron chi connectivity index (χ3n) is 2.49. The largest absolute Gasteiger partial charge is 0.353 e. The Hall–Kier alpha value is -1.16. The van der Waals surface area contributed by atoms with Crippen molar-refractivity contribution in [3.05, 3.63) is 18.1 Å². The second-order valence-corrected chi connectivity index (χ2v) is 3.46. The number of anilines is 1. The number of hydrogen-bond donors (Lipinski definition) is 1. The maximum Gasteiger partial charge on any atom is 0.147 e. The van der Waals surface area contributed by atoms with Crippen LogP contribution in [-0.4, -0.2) is 36.1 Å². The van der Waals surface area contributed by atoms with Crippen molar-refractivity contribution < 1.29 is 0 Å². The number of aromatic nitrogens is 2. The number of rotatable bonds is 2. The molecule has 0 spiro atoms. The Morgan fingerprint density at radius 3 is 2.64 bits per heavy atom. The molecular formula is C10H16N4. The number of nitrogens with zero attached hydrogens (tertiary/aromatic N) is 3. The quantitative estimate of drug-likeness (QED) is 0.738. The van der Waals surface area contributed by atoms with Gasteiger partial charge >= 0.3 is 0 Å². The van der Waals surface area contributed by atoms with E-state index < -0.39 is 0 Å². The van der Waals surface area contributed by atoms with E-state index in [4.69, 9.17) is 0 Å². The van der Waals surface area contributed by atoms with Crippen LogP contribution in [0.1, 0.15) is 12.6 Å². The Morgan fingerprint density at radius 1 is 1.29 bits per heavy atom. The molecule has 1 saturated heterocycles. The van der Waals surface area contributed by atoms with Crippen molar-refractivity contribution in [1.29, 1.82) is 0 Å². The van der Waals surface area contributed by atoms with Gasteiger partial charge in [-0.1, -0.05) is 6.92 Å². The SMILES string of the molecule is CCc1cnc(N2CCNCC2)cn1. The molecule has 0 saturated carbocycles. The average Bonchev–Trinajstić information content (AvgIpc) is 2.30. The zero-order valence-electron chi connectivity index (χ0n) is 8.53. The number of hydrogen-bond acceptors (Lipinski definition) is 4. The summed E-state index contributed by atoms with van der Waals surface area (Å²) in [7, 11) is 0. The monoisotopic (exact) mass is 192 g/mol. The predicted molar refractivity (Wildman–Crippen MR) is 56.5 cm³/mol. The normalized spacial score (nSPS) is 17.1. The van der Waals surface area contributed by atoms with Crippen LogP contribution in [0.5, 0.6) is 0 Å². The van der Waals surface area contributed by atoms with Crippen LogP contribution in [0.4, 0.5) is 5.82 Å². The van der Waals surface area contributed by atoms with E-state index in [1.807, 2.05) is 12.4 Å². The van der Waals surface area contributed by atoms with Gasteiger partial charge in [-0.3, -0.25) is 4.98 Å². The Labute approximate surface area is 84.4 Å². The van der Waals surface area contributed by atoms with Crippen molar-refractivity contribution in [1.82, 2.24) is 15.3 Å². The van der Waals surface area contributed by atoms with E-state index in [1.165, 1.54) is 0 Å². The van der Waals surface area contributed by atoms with Crippen molar-refractivity contribution in [2.24, 2.45) is 0 Å². The van der Waals surface area contributed by atoms with Gasteiger partial charge in [-0.15, -0.1) is 0 Å². The molecule has 0 radical (unpaired) electrons. The van der Waals surface area contributed by atoms with E-state index in [0.717, 1.165) is 44.1 Å². The topological polar surface area (TPSA) is 41.1 Å². The van der Waals surface area contributed by atoms with Gasteiger partial charge in [0.2, 0.25) is 0 Å². The van der Waals surface area contributed by atoms with Crippen molar-refractivity contribution in [3.8, 4) is 0 Å². The molecule has 4 nitrogen and oxygen atoms in total. The second-order valence-electron chi connectivity index (χ2n) is 3.46. The molecule has 1 aliphatic heterocycles. The third kappa shape index (κ3) is 2.01. The lowest BCUT2D eigenvalue weighted by molar-refractivity contribution is 0.584. The molecule has 0 unspecified atom stereocenters. The van der Waals surface area contributed by atoms with Crippen molar-refractivity contribution in [3.63, 3.8) is 0 Å². The minimum atomic E-state index is 0.953. The number of aryl methyl sites for hydroxylation is 1. The highest BCUT2D eigenvalue weighted by Crippen LogP contribution is 2.09. The van der Waals surface area contributed by atoms with Gasteiger partial charge in [0.05, 0.1) is 18.1 Å². The standard InChI is InChI=1S/C10H16N4/c1-2-9-7-13-10(8-12-9)14-5-3-11-4-6-14/h7-8,11H,2-6H2,1H3. The van der Waals surface area contributed by atoms with Gasteiger partial charge in [-0.2, -0.15) is 0 Å². The van der Waals surface area contributed by atoms with Gasteiger partial charge < -0.3 is 10.2 Å². The highest BCUT2D eigenvalue weighted by atomic mass is 15.2. The Kier molecular flexibility index (Phi) is 2.93. The molecule has 0 aromatic carbocycles. The first-order chi connectivity index (χ1) is 6.90. The molecule has 0 bridgehead atoms. The predicted octanol–water partition coefficient (Wildman–Crippen LogP) is 0.449. The molecule has 0 aliphatic carbocycles. The number of piperazine rings is 1. The number of nitrogens with one attached hydrogen (secondary N) is 1. The van der Waals surface area contributed by atoms with E-state index in [1.54, 1.807) is 0 Å². The van der Waals surface area contributed by atoms with Gasteiger partial charge in [0.15, 0.2) is 0 Å². The van der Waals surface area contributed by atoms with Crippen LogP contribution < -0.4 is 10.2 Å². The molecule has 1 aromatic heterocycles. The van der Waals surface area contributed by atoms with E-state index in [2.05, 4.69) is 27.1 Å². The lowest BCUT2D eigenvalue weighted by atomic mass is 10.3. The van der Waals surface area contributed by atoms with Gasteiger partial charge in [0.25, 0.3) is 0 Å². The van der Waals surface area contributed by atoms with Crippen molar-refractivity contribution in [2.75, 3.05) is 31.1 Å². The first-order valence-electron chi connectivity index (χ1n) is 5.16. The lowest BCUT2D eigenvalue weighted by Crippen LogP contribution is -2.43. The molecule has 76 valence electrons. The Bertz CT molecular complexity index is 277. The van der Waals surface area contributed by atoms with E-state index in [9.17, 15) is 0 Å². The van der Waals surface area contributed by atoms with Gasteiger partial charge in [0, 0.05) is 26.2 Å². The first-order valence-corrected chi connectivity index (χ1v) is 5.16. The van der Waals surface area contributed by atoms with E-state index >= 15 is 0 Å². The molecule has 2 heterocycles. The summed E-state index contributed by atoms with van der Waals surface area (Å²) in [5.41, 5.74) is 1.06. The maximum absolute atomic E-state index is 4.41. The van der Waals surface area contributed by atoms with Crippen LogP contribution in [0.15, 0.2) is 12.4 Å². The van der Waals surface area contributed by atoms with Crippen LogP contribution in [0.3, 0.4) is 0 Å². The Morgan fingerprint density at radius 2 is 2.07 bits per heavy atom. The summed E-state index contributed by atoms with van der Waals surface area (Å²) in [5.74, 6) is 1.00. The summed E-state index contributed by atoms with van der Waals surface area (Å²) in [5, 5.41) is 3.32. The summed E-state index contributed by atoms with van der Waals surface area (Å²) in [4.78, 5) is 11.0. The van der Waals surface area contributed by atoms with Gasteiger partial charge in [-0.05, 0) is 6.42 Å². The van der Waals surface area contributed by atoms with Crippen molar-refractivity contribution in [2.45, 2.75) is 13.3 Å². The van der Waals surface area contributed by atoms with Crippen LogP contribution in [-0.2, 0) is 6.42 Å². The average molecular weight is 192 g/mol. The van der Waals surface area contributed by atoms with E-state index in [-0.39, 0.29) is 0 Å². The molecule has 0 atom stereocenters. The molecule has 2 rings (SSSR count).